The van der Waals surface area contributed by atoms with Gasteiger partial charge in [-0.1, -0.05) is 19.3 Å². The van der Waals surface area contributed by atoms with Crippen molar-refractivity contribution in [2.75, 3.05) is 18.6 Å². The number of thioether (sulfide) groups is 1. The van der Waals surface area contributed by atoms with Crippen molar-refractivity contribution in [1.29, 1.82) is 0 Å². The molecule has 7 N–H and O–H groups in total. The lowest BCUT2D eigenvalue weighted by Crippen LogP contribution is -2.54. The van der Waals surface area contributed by atoms with Crippen LogP contribution in [0.4, 0.5) is 0 Å². The second-order valence-electron chi connectivity index (χ2n) is 6.49. The van der Waals surface area contributed by atoms with Crippen LogP contribution in [-0.4, -0.2) is 70.5 Å². The summed E-state index contributed by atoms with van der Waals surface area (Å²) in [6.45, 7) is 3.86. The summed E-state index contributed by atoms with van der Waals surface area (Å²) in [5.74, 6) is -1.84. The summed E-state index contributed by atoms with van der Waals surface area (Å²) in [7, 11) is -1.73. The Morgan fingerprint density at radius 2 is 1.96 bits per heavy atom. The smallest absolute Gasteiger partial charge is 0.426 e. The number of nitrogens with one attached hydrogen (secondary N) is 3. The van der Waals surface area contributed by atoms with Crippen molar-refractivity contribution in [2.45, 2.75) is 45.1 Å². The van der Waals surface area contributed by atoms with E-state index in [1.54, 1.807) is 11.7 Å². The van der Waals surface area contributed by atoms with Gasteiger partial charge in [-0.2, -0.15) is 11.8 Å². The molecule has 0 aliphatic heterocycles. The van der Waals surface area contributed by atoms with E-state index in [0.717, 1.165) is 0 Å². The van der Waals surface area contributed by atoms with Gasteiger partial charge < -0.3 is 26.4 Å². The lowest BCUT2D eigenvalue weighted by molar-refractivity contribution is -0.525. The van der Waals surface area contributed by atoms with Gasteiger partial charge in [-0.05, 0) is 31.4 Å². The van der Waals surface area contributed by atoms with Crippen LogP contribution in [0.5, 0.6) is 0 Å². The first-order valence-electron chi connectivity index (χ1n) is 8.72. The molecule has 0 aromatic heterocycles. The Kier molecular flexibility index (Phi) is 13.0. The quantitative estimate of drug-likeness (QED) is 0.0501. The minimum absolute atomic E-state index is 0.104. The average Bonchev–Trinajstić information content (AvgIpc) is 2.55. The summed E-state index contributed by atoms with van der Waals surface area (Å²) in [6, 6.07) is -0.909. The molecule has 0 aromatic carbocycles. The van der Waals surface area contributed by atoms with Gasteiger partial charge in [-0.25, -0.2) is 15.1 Å². The van der Waals surface area contributed by atoms with E-state index in [4.69, 9.17) is 5.73 Å². The van der Waals surface area contributed by atoms with Crippen molar-refractivity contribution in [3.8, 4) is 0 Å². The maximum Gasteiger partial charge on any atom is 0.475 e. The molecule has 0 bridgehead atoms. The number of carbonyl (C=O) groups is 2. The molecule has 160 valence electrons. The number of guanidine groups is 1. The van der Waals surface area contributed by atoms with E-state index in [9.17, 15) is 29.8 Å². The number of aliphatic imine (C=N–C) groups is 1. The molecule has 0 spiro atoms. The van der Waals surface area contributed by atoms with Gasteiger partial charge in [0.2, 0.25) is 11.8 Å². The van der Waals surface area contributed by atoms with Crippen molar-refractivity contribution in [3.05, 3.63) is 10.1 Å². The zero-order valence-electron chi connectivity index (χ0n) is 16.3. The predicted octanol–water partition coefficient (Wildman–Crippen LogP) is -1.75. The summed E-state index contributed by atoms with van der Waals surface area (Å²) >= 11 is 1.29. The third-order valence-electron chi connectivity index (χ3n) is 3.48. The molecule has 0 rings (SSSR count). The second kappa shape index (κ2) is 14.0. The number of nitrogens with zero attached hydrogens (tertiary/aromatic N) is 2. The van der Waals surface area contributed by atoms with Gasteiger partial charge >= 0.3 is 7.12 Å². The molecule has 0 aliphatic rings. The highest BCUT2D eigenvalue weighted by atomic mass is 32.2. The summed E-state index contributed by atoms with van der Waals surface area (Å²) < 4.78 is 0. The van der Waals surface area contributed by atoms with E-state index in [1.165, 1.54) is 11.8 Å². The van der Waals surface area contributed by atoms with Crippen LogP contribution in [0.1, 0.15) is 33.1 Å². The van der Waals surface area contributed by atoms with Gasteiger partial charge in [-0.15, -0.1) is 0 Å². The number of rotatable bonds is 13. The largest absolute Gasteiger partial charge is 0.475 e. The molecule has 0 saturated carbocycles. The molecular formula is C14H29BN6O6S. The van der Waals surface area contributed by atoms with E-state index in [0.29, 0.717) is 12.8 Å². The third-order valence-corrected chi connectivity index (χ3v) is 4.03. The number of hydrogen-bond donors (Lipinski definition) is 6. The fraction of sp³-hybridized carbons (Fsp3) is 0.786. The van der Waals surface area contributed by atoms with Crippen molar-refractivity contribution in [1.82, 2.24) is 16.1 Å². The lowest BCUT2D eigenvalue weighted by Gasteiger charge is -2.24. The Morgan fingerprint density at radius 3 is 2.46 bits per heavy atom. The molecule has 2 atom stereocenters. The summed E-state index contributed by atoms with van der Waals surface area (Å²) in [4.78, 5) is 38.4. The Bertz CT molecular complexity index is 550. The molecule has 0 heterocycles. The Morgan fingerprint density at radius 1 is 1.32 bits per heavy atom. The highest BCUT2D eigenvalue weighted by Gasteiger charge is 2.29. The molecule has 12 nitrogen and oxygen atoms in total. The van der Waals surface area contributed by atoms with Crippen LogP contribution in [0, 0.1) is 16.0 Å². The minimum Gasteiger partial charge on any atom is -0.426 e. The van der Waals surface area contributed by atoms with Crippen molar-refractivity contribution in [3.63, 3.8) is 0 Å². The van der Waals surface area contributed by atoms with E-state index >= 15 is 0 Å². The highest BCUT2D eigenvalue weighted by Crippen LogP contribution is 2.07. The Balaban J connectivity index is 4.91. The highest BCUT2D eigenvalue weighted by molar-refractivity contribution is 7.99. The van der Waals surface area contributed by atoms with Crippen molar-refractivity contribution in [2.24, 2.45) is 16.6 Å². The zero-order chi connectivity index (χ0) is 21.7. The monoisotopic (exact) mass is 420 g/mol. The average molecular weight is 420 g/mol. The van der Waals surface area contributed by atoms with Crippen molar-refractivity contribution >= 4 is 36.7 Å². The van der Waals surface area contributed by atoms with E-state index in [1.807, 2.05) is 13.8 Å². The first kappa shape index (κ1) is 25.9. The standard InChI is InChI=1S/C14H29BN6O6S/c1-9(2)7-11(15(24)25)19-13(23)10(18-12(22)8-28-3)5-4-6-17-14(16)20-21(26)27/h9-11,24-25H,4-8H2,1-3H3,(H,18,22)(H,19,23)(H3,16,17,20)/t10-,11-/m0/s1. The van der Waals surface area contributed by atoms with Crippen LogP contribution in [0.15, 0.2) is 4.99 Å². The lowest BCUT2D eigenvalue weighted by atomic mass is 9.75. The van der Waals surface area contributed by atoms with E-state index in [-0.39, 0.29) is 36.5 Å². The Labute approximate surface area is 168 Å². The van der Waals surface area contributed by atoms with Gasteiger partial charge in [-0.3, -0.25) is 9.59 Å². The molecule has 14 heteroatoms. The van der Waals surface area contributed by atoms with Gasteiger partial charge in [0.05, 0.1) is 11.7 Å². The van der Waals surface area contributed by atoms with E-state index < -0.39 is 30.0 Å². The molecule has 0 saturated heterocycles. The molecule has 0 fully saturated rings. The number of carbonyl (C=O) groups excluding carboxylic acids is 2. The number of hydrazine groups is 1. The molecule has 0 radical (unpaired) electrons. The molecule has 0 aliphatic carbocycles. The maximum atomic E-state index is 12.5. The third kappa shape index (κ3) is 12.4. The maximum absolute atomic E-state index is 12.5. The SMILES string of the molecule is CSCC(=O)N[C@@H](CCCN=C(N)N[N+](=O)[O-])C(=O)N[C@@H](CC(C)C)B(O)O. The fourth-order valence-corrected chi connectivity index (χ4v) is 2.65. The molecule has 2 amide bonds. The van der Waals surface area contributed by atoms with Crippen LogP contribution in [0.2, 0.25) is 0 Å². The van der Waals surface area contributed by atoms with E-state index in [2.05, 4.69) is 15.6 Å². The summed E-state index contributed by atoms with van der Waals surface area (Å²) in [5, 5.41) is 33.5. The number of amides is 2. The van der Waals surface area contributed by atoms with Gasteiger partial charge in [0.1, 0.15) is 6.04 Å². The van der Waals surface area contributed by atoms with Crippen LogP contribution in [0.25, 0.3) is 0 Å². The Hall–Kier alpha value is -2.06. The minimum atomic E-state index is -1.73. The number of nitrogens with two attached hydrogens (primary N) is 1. The van der Waals surface area contributed by atoms with Crippen LogP contribution >= 0.6 is 11.8 Å². The van der Waals surface area contributed by atoms with Gasteiger partial charge in [0.25, 0.3) is 5.96 Å². The summed E-state index contributed by atoms with van der Waals surface area (Å²) in [6.07, 6.45) is 2.60. The number of nitro groups is 1. The van der Waals surface area contributed by atoms with Crippen molar-refractivity contribution < 1.29 is 24.7 Å². The predicted molar refractivity (Wildman–Crippen MR) is 108 cm³/mol. The second-order valence-corrected chi connectivity index (χ2v) is 7.36. The summed E-state index contributed by atoms with van der Waals surface area (Å²) in [5.41, 5.74) is 7.01. The van der Waals surface area contributed by atoms with Crippen LogP contribution in [-0.2, 0) is 9.59 Å². The number of hydrogen-bond acceptors (Lipinski definition) is 8. The van der Waals surface area contributed by atoms with Gasteiger partial charge in [0, 0.05) is 6.54 Å². The fourth-order valence-electron chi connectivity index (χ4n) is 2.31. The molecule has 28 heavy (non-hydrogen) atoms. The van der Waals surface area contributed by atoms with Gasteiger partial charge in [0.15, 0.2) is 5.03 Å². The van der Waals surface area contributed by atoms with Crippen LogP contribution in [0.3, 0.4) is 0 Å². The molecular weight excluding hydrogens is 391 g/mol. The zero-order valence-corrected chi connectivity index (χ0v) is 17.1. The van der Waals surface area contributed by atoms with Crippen LogP contribution < -0.4 is 21.8 Å². The molecule has 0 unspecified atom stereocenters. The first-order chi connectivity index (χ1) is 13.1. The first-order valence-corrected chi connectivity index (χ1v) is 10.1. The molecule has 0 aromatic rings. The topological polar surface area (TPSA) is 192 Å². The normalized spacial score (nSPS) is 13.6.